The molecule has 0 atom stereocenters. The molecule has 8 nitrogen and oxygen atoms in total. The van der Waals surface area contributed by atoms with Crippen molar-refractivity contribution in [1.82, 2.24) is 19.7 Å². The first kappa shape index (κ1) is 20.2. The number of thioether (sulfide) groups is 1. The fraction of sp³-hybridized carbons (Fsp3) is 0.474. The van der Waals surface area contributed by atoms with Gasteiger partial charge < -0.3 is 14.5 Å². The van der Waals surface area contributed by atoms with E-state index in [4.69, 9.17) is 10.00 Å². The lowest BCUT2D eigenvalue weighted by atomic mass is 10.2. The van der Waals surface area contributed by atoms with E-state index in [9.17, 15) is 4.79 Å². The molecule has 1 aromatic heterocycles. The van der Waals surface area contributed by atoms with E-state index < -0.39 is 0 Å². The number of carbonyl (C=O) groups is 1. The van der Waals surface area contributed by atoms with Crippen molar-refractivity contribution < 1.29 is 9.53 Å². The summed E-state index contributed by atoms with van der Waals surface area (Å²) in [7, 11) is 1.72. The first-order valence-electron chi connectivity index (χ1n) is 9.22. The molecule has 1 aliphatic heterocycles. The lowest BCUT2D eigenvalue weighted by molar-refractivity contribution is -0.127. The monoisotopic (exact) mass is 400 g/mol. The van der Waals surface area contributed by atoms with Gasteiger partial charge in [-0.05, 0) is 5.56 Å². The minimum absolute atomic E-state index is 0.0255. The van der Waals surface area contributed by atoms with Gasteiger partial charge in [0.1, 0.15) is 0 Å². The summed E-state index contributed by atoms with van der Waals surface area (Å²) in [5.74, 6) is 1.04. The van der Waals surface area contributed by atoms with Crippen LogP contribution in [0.5, 0.6) is 0 Å². The summed E-state index contributed by atoms with van der Waals surface area (Å²) in [6.45, 7) is 3.96. The average Bonchev–Trinajstić information content (AvgIpc) is 3.14. The third-order valence-corrected chi connectivity index (χ3v) is 5.44. The van der Waals surface area contributed by atoms with Crippen LogP contribution in [0.2, 0.25) is 0 Å². The Balaban J connectivity index is 1.75. The molecule has 0 N–H and O–H groups in total. The van der Waals surface area contributed by atoms with Crippen molar-refractivity contribution in [3.8, 4) is 6.07 Å². The van der Waals surface area contributed by atoms with E-state index in [0.29, 0.717) is 37.9 Å². The second kappa shape index (κ2) is 10.1. The molecule has 0 aliphatic carbocycles. The van der Waals surface area contributed by atoms with Crippen molar-refractivity contribution in [3.63, 3.8) is 0 Å². The molecule has 0 bridgehead atoms. The van der Waals surface area contributed by atoms with Gasteiger partial charge in [0.25, 0.3) is 0 Å². The van der Waals surface area contributed by atoms with Crippen molar-refractivity contribution in [1.29, 1.82) is 5.26 Å². The Morgan fingerprint density at radius 1 is 1.29 bits per heavy atom. The predicted molar refractivity (Wildman–Crippen MR) is 107 cm³/mol. The van der Waals surface area contributed by atoms with E-state index in [2.05, 4.69) is 37.9 Å². The molecule has 0 saturated carbocycles. The van der Waals surface area contributed by atoms with Crippen LogP contribution in [-0.2, 0) is 16.1 Å². The smallest absolute Gasteiger partial charge is 0.232 e. The first-order chi connectivity index (χ1) is 13.7. The number of carbonyl (C=O) groups excluding carboxylic acids is 1. The normalized spacial score (nSPS) is 13.9. The lowest BCUT2D eigenvalue weighted by Gasteiger charge is -2.28. The SMILES string of the molecule is CN(CCC#N)C(=O)CSc1nnc(N2CCOCC2)n1Cc1ccccc1. The number of amides is 1. The second-order valence-electron chi connectivity index (χ2n) is 6.47. The summed E-state index contributed by atoms with van der Waals surface area (Å²) in [6, 6.07) is 12.2. The summed E-state index contributed by atoms with van der Waals surface area (Å²) < 4.78 is 7.51. The predicted octanol–water partition coefficient (Wildman–Crippen LogP) is 1.63. The quantitative estimate of drug-likeness (QED) is 0.622. The summed E-state index contributed by atoms with van der Waals surface area (Å²) in [5.41, 5.74) is 1.15. The highest BCUT2D eigenvalue weighted by Gasteiger charge is 2.21. The van der Waals surface area contributed by atoms with Crippen LogP contribution in [0.3, 0.4) is 0 Å². The van der Waals surface area contributed by atoms with Crippen molar-refractivity contribution in [3.05, 3.63) is 35.9 Å². The fourth-order valence-electron chi connectivity index (χ4n) is 2.87. The number of benzene rings is 1. The molecule has 1 fully saturated rings. The molecule has 1 aliphatic rings. The van der Waals surface area contributed by atoms with Gasteiger partial charge in [-0.25, -0.2) is 0 Å². The van der Waals surface area contributed by atoms with E-state index in [1.165, 1.54) is 11.8 Å². The lowest BCUT2D eigenvalue weighted by Crippen LogP contribution is -2.38. The van der Waals surface area contributed by atoms with Crippen molar-refractivity contribution in [2.24, 2.45) is 0 Å². The maximum Gasteiger partial charge on any atom is 0.232 e. The molecule has 1 amide bonds. The molecular formula is C19H24N6O2S. The molecule has 0 spiro atoms. The molecule has 0 unspecified atom stereocenters. The van der Waals surface area contributed by atoms with Gasteiger partial charge in [-0.15, -0.1) is 10.2 Å². The Kier molecular flexibility index (Phi) is 7.28. The van der Waals surface area contributed by atoms with Crippen LogP contribution in [0.15, 0.2) is 35.5 Å². The van der Waals surface area contributed by atoms with Gasteiger partial charge >= 0.3 is 0 Å². The number of nitriles is 1. The summed E-state index contributed by atoms with van der Waals surface area (Å²) in [5, 5.41) is 18.1. The van der Waals surface area contributed by atoms with Gasteiger partial charge in [0.2, 0.25) is 11.9 Å². The molecule has 1 aromatic carbocycles. The zero-order valence-corrected chi connectivity index (χ0v) is 16.8. The number of rotatable bonds is 8. The second-order valence-corrected chi connectivity index (χ2v) is 7.41. The third kappa shape index (κ3) is 5.24. The number of hydrogen-bond acceptors (Lipinski definition) is 7. The maximum atomic E-state index is 12.3. The Hall–Kier alpha value is -2.57. The Morgan fingerprint density at radius 3 is 2.75 bits per heavy atom. The van der Waals surface area contributed by atoms with E-state index >= 15 is 0 Å². The van der Waals surface area contributed by atoms with Crippen LogP contribution < -0.4 is 4.90 Å². The molecule has 1 saturated heterocycles. The number of nitrogens with zero attached hydrogens (tertiary/aromatic N) is 6. The highest BCUT2D eigenvalue weighted by Crippen LogP contribution is 2.24. The van der Waals surface area contributed by atoms with Crippen LogP contribution in [0, 0.1) is 11.3 Å². The van der Waals surface area contributed by atoms with Gasteiger partial charge in [0.15, 0.2) is 5.16 Å². The average molecular weight is 401 g/mol. The Labute approximate surface area is 169 Å². The minimum Gasteiger partial charge on any atom is -0.378 e. The van der Waals surface area contributed by atoms with Crippen molar-refractivity contribution >= 4 is 23.6 Å². The molecule has 2 heterocycles. The van der Waals surface area contributed by atoms with E-state index in [-0.39, 0.29) is 11.7 Å². The summed E-state index contributed by atoms with van der Waals surface area (Å²) >= 11 is 1.38. The van der Waals surface area contributed by atoms with Crippen LogP contribution in [0.1, 0.15) is 12.0 Å². The zero-order valence-electron chi connectivity index (χ0n) is 16.0. The molecule has 3 rings (SSSR count). The summed E-state index contributed by atoms with van der Waals surface area (Å²) in [6.07, 6.45) is 0.332. The number of aromatic nitrogens is 3. The number of ether oxygens (including phenoxy) is 1. The molecule has 9 heteroatoms. The van der Waals surface area contributed by atoms with E-state index in [1.807, 2.05) is 18.2 Å². The zero-order chi connectivity index (χ0) is 19.8. The van der Waals surface area contributed by atoms with Gasteiger partial charge in [0, 0.05) is 26.7 Å². The minimum atomic E-state index is -0.0255. The Morgan fingerprint density at radius 2 is 2.04 bits per heavy atom. The standard InChI is InChI=1S/C19H24N6O2S/c1-23(9-5-8-20)17(26)15-28-19-22-21-18(24-10-12-27-13-11-24)25(19)14-16-6-3-2-4-7-16/h2-4,6-7H,5,9-15H2,1H3. The number of hydrogen-bond donors (Lipinski definition) is 0. The molecule has 0 radical (unpaired) electrons. The topological polar surface area (TPSA) is 87.3 Å². The van der Waals surface area contributed by atoms with Crippen LogP contribution in [0.4, 0.5) is 5.95 Å². The first-order valence-corrected chi connectivity index (χ1v) is 10.2. The van der Waals surface area contributed by atoms with Crippen molar-refractivity contribution in [2.75, 3.05) is 50.5 Å². The summed E-state index contributed by atoms with van der Waals surface area (Å²) in [4.78, 5) is 16.1. The molecule has 148 valence electrons. The number of anilines is 1. The molecule has 2 aromatic rings. The maximum absolute atomic E-state index is 12.3. The largest absolute Gasteiger partial charge is 0.378 e. The van der Waals surface area contributed by atoms with Crippen LogP contribution in [-0.4, -0.2) is 71.2 Å². The molecule has 28 heavy (non-hydrogen) atoms. The van der Waals surface area contributed by atoms with Crippen molar-refractivity contribution in [2.45, 2.75) is 18.1 Å². The van der Waals surface area contributed by atoms with Crippen LogP contribution >= 0.6 is 11.8 Å². The van der Waals surface area contributed by atoms with Crippen LogP contribution in [0.25, 0.3) is 0 Å². The highest BCUT2D eigenvalue weighted by molar-refractivity contribution is 7.99. The van der Waals surface area contributed by atoms with Gasteiger partial charge in [-0.3, -0.25) is 9.36 Å². The fourth-order valence-corrected chi connectivity index (χ4v) is 3.74. The van der Waals surface area contributed by atoms with Gasteiger partial charge in [0.05, 0.1) is 38.0 Å². The Bertz CT molecular complexity index is 814. The molecular weight excluding hydrogens is 376 g/mol. The van der Waals surface area contributed by atoms with Gasteiger partial charge in [-0.1, -0.05) is 42.1 Å². The third-order valence-electron chi connectivity index (χ3n) is 4.48. The number of morpholine rings is 1. The van der Waals surface area contributed by atoms with Gasteiger partial charge in [-0.2, -0.15) is 5.26 Å². The highest BCUT2D eigenvalue weighted by atomic mass is 32.2. The van der Waals surface area contributed by atoms with E-state index in [0.717, 1.165) is 24.6 Å². The van der Waals surface area contributed by atoms with E-state index in [1.54, 1.807) is 11.9 Å².